The molecule has 0 amide bonds. The number of aliphatic hydroxyl groups is 1. The van der Waals surface area contributed by atoms with Crippen molar-refractivity contribution in [2.45, 2.75) is 11.8 Å². The average Bonchev–Trinajstić information content (AvgIpc) is 2.38. The van der Waals surface area contributed by atoms with E-state index in [1.165, 1.54) is 42.5 Å². The maximum Gasteiger partial charge on any atom is 0.425 e. The first-order valence-corrected chi connectivity index (χ1v) is 6.74. The summed E-state index contributed by atoms with van der Waals surface area (Å²) in [5.41, 5.74) is -3.83. The molecule has 0 saturated heterocycles. The standard InChI is InChI=1S/C14H9BrClF3O/c15-10-7-5-9(6-8-10)13(20,14(17,18)19)11-3-1-2-4-12(11)16/h1-8,20H. The quantitative estimate of drug-likeness (QED) is 0.802. The van der Waals surface area contributed by atoms with Crippen LogP contribution >= 0.6 is 27.5 Å². The van der Waals surface area contributed by atoms with Gasteiger partial charge in [-0.2, -0.15) is 13.2 Å². The van der Waals surface area contributed by atoms with E-state index in [1.54, 1.807) is 0 Å². The summed E-state index contributed by atoms with van der Waals surface area (Å²) >= 11 is 8.97. The van der Waals surface area contributed by atoms with Gasteiger partial charge in [0.2, 0.25) is 5.60 Å². The summed E-state index contributed by atoms with van der Waals surface area (Å²) in [5.74, 6) is 0. The van der Waals surface area contributed by atoms with E-state index < -0.39 is 17.3 Å². The van der Waals surface area contributed by atoms with Crippen LogP contribution in [0.5, 0.6) is 0 Å². The zero-order valence-electron chi connectivity index (χ0n) is 9.96. The lowest BCUT2D eigenvalue weighted by molar-refractivity contribution is -0.248. The lowest BCUT2D eigenvalue weighted by atomic mass is 9.85. The normalized spacial score (nSPS) is 14.9. The summed E-state index contributed by atoms with van der Waals surface area (Å²) in [6.45, 7) is 0. The molecule has 1 N–H and O–H groups in total. The zero-order chi connectivity index (χ0) is 15.0. The van der Waals surface area contributed by atoms with Gasteiger partial charge in [-0.15, -0.1) is 0 Å². The SMILES string of the molecule is OC(c1ccc(Br)cc1)(c1ccccc1Cl)C(F)(F)F. The molecule has 0 aliphatic carbocycles. The third kappa shape index (κ3) is 2.57. The van der Waals surface area contributed by atoms with Gasteiger partial charge in [0.05, 0.1) is 0 Å². The Morgan fingerprint density at radius 1 is 0.950 bits per heavy atom. The number of benzene rings is 2. The number of alkyl halides is 3. The monoisotopic (exact) mass is 364 g/mol. The van der Waals surface area contributed by atoms with E-state index in [2.05, 4.69) is 15.9 Å². The third-order valence-electron chi connectivity index (χ3n) is 2.94. The van der Waals surface area contributed by atoms with Gasteiger partial charge in [0.15, 0.2) is 0 Å². The van der Waals surface area contributed by atoms with E-state index in [4.69, 9.17) is 11.6 Å². The van der Waals surface area contributed by atoms with Gasteiger partial charge in [0, 0.05) is 15.1 Å². The van der Waals surface area contributed by atoms with Crippen molar-refractivity contribution in [1.29, 1.82) is 0 Å². The Labute approximate surface area is 127 Å². The molecule has 2 aromatic rings. The molecule has 0 heterocycles. The molecule has 0 spiro atoms. The Balaban J connectivity index is 2.70. The van der Waals surface area contributed by atoms with E-state index in [1.807, 2.05) is 0 Å². The molecular weight excluding hydrogens is 357 g/mol. The van der Waals surface area contributed by atoms with Crippen LogP contribution in [0, 0.1) is 0 Å². The molecule has 2 aromatic carbocycles. The van der Waals surface area contributed by atoms with Crippen molar-refractivity contribution in [2.75, 3.05) is 0 Å². The Kier molecular flexibility index (Phi) is 4.14. The van der Waals surface area contributed by atoms with Gasteiger partial charge in [-0.1, -0.05) is 57.9 Å². The smallest absolute Gasteiger partial charge is 0.372 e. The summed E-state index contributed by atoms with van der Waals surface area (Å²) in [6.07, 6.45) is -4.90. The van der Waals surface area contributed by atoms with Crippen molar-refractivity contribution in [1.82, 2.24) is 0 Å². The molecule has 0 bridgehead atoms. The molecule has 0 aliphatic heterocycles. The van der Waals surface area contributed by atoms with E-state index in [9.17, 15) is 18.3 Å². The molecule has 0 saturated carbocycles. The second-order valence-corrected chi connectivity index (χ2v) is 5.52. The maximum absolute atomic E-state index is 13.4. The van der Waals surface area contributed by atoms with Gasteiger partial charge in [-0.05, 0) is 23.8 Å². The highest BCUT2D eigenvalue weighted by Crippen LogP contribution is 2.46. The Morgan fingerprint density at radius 3 is 2.00 bits per heavy atom. The van der Waals surface area contributed by atoms with Crippen molar-refractivity contribution in [3.63, 3.8) is 0 Å². The van der Waals surface area contributed by atoms with Crippen LogP contribution in [0.2, 0.25) is 5.02 Å². The Morgan fingerprint density at radius 2 is 1.50 bits per heavy atom. The number of hydrogen-bond acceptors (Lipinski definition) is 1. The fraction of sp³-hybridized carbons (Fsp3) is 0.143. The Hall–Kier alpha value is -1.04. The maximum atomic E-state index is 13.4. The summed E-state index contributed by atoms with van der Waals surface area (Å²) in [4.78, 5) is 0. The number of hydrogen-bond donors (Lipinski definition) is 1. The van der Waals surface area contributed by atoms with E-state index in [0.29, 0.717) is 4.47 Å². The van der Waals surface area contributed by atoms with Crippen molar-refractivity contribution in [2.24, 2.45) is 0 Å². The third-order valence-corrected chi connectivity index (χ3v) is 3.79. The molecule has 1 nitrogen and oxygen atoms in total. The Bertz CT molecular complexity index is 613. The second-order valence-electron chi connectivity index (χ2n) is 4.19. The summed E-state index contributed by atoms with van der Waals surface area (Å²) in [5, 5.41) is 10.2. The first-order valence-electron chi connectivity index (χ1n) is 5.57. The highest BCUT2D eigenvalue weighted by molar-refractivity contribution is 9.10. The molecule has 1 atom stereocenters. The molecule has 0 fully saturated rings. The minimum Gasteiger partial charge on any atom is -0.372 e. The predicted molar refractivity (Wildman–Crippen MR) is 74.6 cm³/mol. The predicted octanol–water partition coefficient (Wildman–Crippen LogP) is 4.90. The van der Waals surface area contributed by atoms with Gasteiger partial charge >= 0.3 is 6.18 Å². The van der Waals surface area contributed by atoms with Crippen molar-refractivity contribution in [3.05, 3.63) is 69.2 Å². The zero-order valence-corrected chi connectivity index (χ0v) is 12.3. The summed E-state index contributed by atoms with van der Waals surface area (Å²) in [6, 6.07) is 10.7. The first-order chi connectivity index (χ1) is 9.26. The largest absolute Gasteiger partial charge is 0.425 e. The summed E-state index contributed by atoms with van der Waals surface area (Å²) in [7, 11) is 0. The second kappa shape index (κ2) is 5.39. The molecule has 0 aliphatic rings. The lowest BCUT2D eigenvalue weighted by Crippen LogP contribution is -2.43. The highest BCUT2D eigenvalue weighted by Gasteiger charge is 2.57. The van der Waals surface area contributed by atoms with Crippen LogP contribution in [-0.2, 0) is 5.60 Å². The van der Waals surface area contributed by atoms with Crippen LogP contribution in [0.1, 0.15) is 11.1 Å². The molecule has 2 rings (SSSR count). The van der Waals surface area contributed by atoms with Crippen LogP contribution < -0.4 is 0 Å². The molecule has 0 aromatic heterocycles. The molecule has 20 heavy (non-hydrogen) atoms. The molecule has 106 valence electrons. The van der Waals surface area contributed by atoms with Crippen LogP contribution in [0.25, 0.3) is 0 Å². The van der Waals surface area contributed by atoms with Crippen LogP contribution in [0.4, 0.5) is 13.2 Å². The van der Waals surface area contributed by atoms with E-state index in [-0.39, 0.29) is 10.6 Å². The van der Waals surface area contributed by atoms with Gasteiger partial charge < -0.3 is 5.11 Å². The number of halogens is 5. The van der Waals surface area contributed by atoms with E-state index in [0.717, 1.165) is 6.07 Å². The average molecular weight is 366 g/mol. The topological polar surface area (TPSA) is 20.2 Å². The van der Waals surface area contributed by atoms with Crippen molar-refractivity contribution in [3.8, 4) is 0 Å². The van der Waals surface area contributed by atoms with Gasteiger partial charge in [-0.3, -0.25) is 0 Å². The van der Waals surface area contributed by atoms with Crippen LogP contribution in [-0.4, -0.2) is 11.3 Å². The van der Waals surface area contributed by atoms with Gasteiger partial charge in [0.1, 0.15) is 0 Å². The lowest BCUT2D eigenvalue weighted by Gasteiger charge is -2.32. The minimum absolute atomic E-state index is 0.143. The van der Waals surface area contributed by atoms with Crippen LogP contribution in [0.15, 0.2) is 53.0 Å². The van der Waals surface area contributed by atoms with Crippen LogP contribution in [0.3, 0.4) is 0 Å². The van der Waals surface area contributed by atoms with Crippen molar-refractivity contribution < 1.29 is 18.3 Å². The fourth-order valence-corrected chi connectivity index (χ4v) is 2.45. The fourth-order valence-electron chi connectivity index (χ4n) is 1.92. The highest BCUT2D eigenvalue weighted by atomic mass is 79.9. The molecule has 6 heteroatoms. The van der Waals surface area contributed by atoms with E-state index >= 15 is 0 Å². The van der Waals surface area contributed by atoms with Crippen molar-refractivity contribution >= 4 is 27.5 Å². The number of rotatable bonds is 2. The minimum atomic E-state index is -4.90. The molecular formula is C14H9BrClF3O. The first kappa shape index (κ1) is 15.4. The molecule has 0 radical (unpaired) electrons. The summed E-state index contributed by atoms with van der Waals surface area (Å²) < 4.78 is 40.9. The van der Waals surface area contributed by atoms with Gasteiger partial charge in [0.25, 0.3) is 0 Å². The van der Waals surface area contributed by atoms with Gasteiger partial charge in [-0.25, -0.2) is 0 Å². The molecule has 1 unspecified atom stereocenters.